The topological polar surface area (TPSA) is 72.4 Å². The van der Waals surface area contributed by atoms with Gasteiger partial charge in [-0.2, -0.15) is 13.2 Å². The van der Waals surface area contributed by atoms with Gasteiger partial charge in [-0.3, -0.25) is 4.90 Å². The first-order chi connectivity index (χ1) is 18.4. The number of phenolic OH excluding ortho intramolecular Hbond substituents is 1. The number of H-pyrrole nitrogens is 1. The average Bonchev–Trinajstić information content (AvgIpc) is 3.52. The molecular weight excluding hydrogens is 503 g/mol. The number of fused-ring (bicyclic) bond motifs is 1. The molecular formula is C31H34F3N3O2. The molecule has 5 rings (SSSR count). The highest BCUT2D eigenvalue weighted by molar-refractivity contribution is 5.76. The van der Waals surface area contributed by atoms with E-state index in [1.54, 1.807) is 32.0 Å². The Kier molecular flexibility index (Phi) is 7.20. The summed E-state index contributed by atoms with van der Waals surface area (Å²) in [5.74, 6) is -0.107. The minimum atomic E-state index is -4.90. The Labute approximate surface area is 226 Å². The van der Waals surface area contributed by atoms with E-state index in [0.717, 1.165) is 42.8 Å². The van der Waals surface area contributed by atoms with Crippen LogP contribution in [0.3, 0.4) is 0 Å². The van der Waals surface area contributed by atoms with Crippen molar-refractivity contribution in [2.24, 2.45) is 0 Å². The molecule has 1 saturated heterocycles. The molecule has 39 heavy (non-hydrogen) atoms. The molecule has 2 aromatic heterocycles. The summed E-state index contributed by atoms with van der Waals surface area (Å²) < 4.78 is 43.4. The summed E-state index contributed by atoms with van der Waals surface area (Å²) in [4.78, 5) is 10.00. The minimum Gasteiger partial charge on any atom is -0.508 e. The highest BCUT2D eigenvalue weighted by Gasteiger charge is 2.56. The summed E-state index contributed by atoms with van der Waals surface area (Å²) in [5, 5.41) is 21.8. The van der Waals surface area contributed by atoms with E-state index < -0.39 is 30.0 Å². The number of aliphatic hydroxyl groups is 1. The van der Waals surface area contributed by atoms with E-state index in [2.05, 4.69) is 14.9 Å². The van der Waals surface area contributed by atoms with E-state index in [0.29, 0.717) is 23.1 Å². The van der Waals surface area contributed by atoms with Gasteiger partial charge in [0.1, 0.15) is 5.75 Å². The molecule has 1 atom stereocenters. The summed E-state index contributed by atoms with van der Waals surface area (Å²) in [7, 11) is 0. The molecule has 5 nitrogen and oxygen atoms in total. The van der Waals surface area contributed by atoms with E-state index in [1.165, 1.54) is 6.07 Å². The van der Waals surface area contributed by atoms with Crippen LogP contribution in [-0.2, 0) is 18.4 Å². The molecule has 1 aliphatic rings. The Morgan fingerprint density at radius 2 is 1.64 bits per heavy atom. The number of nitrogens with one attached hydrogen (secondary N) is 1. The molecule has 0 aliphatic carbocycles. The Morgan fingerprint density at radius 1 is 0.923 bits per heavy atom. The summed E-state index contributed by atoms with van der Waals surface area (Å²) in [6, 6.07) is 19.7. The average molecular weight is 538 g/mol. The van der Waals surface area contributed by atoms with Gasteiger partial charge in [0.2, 0.25) is 0 Å². The van der Waals surface area contributed by atoms with Crippen LogP contribution in [0.15, 0.2) is 66.7 Å². The van der Waals surface area contributed by atoms with Crippen molar-refractivity contribution in [3.8, 4) is 16.9 Å². The van der Waals surface area contributed by atoms with Crippen LogP contribution in [0.25, 0.3) is 22.2 Å². The Hall–Kier alpha value is -3.36. The number of aromatic amines is 1. The van der Waals surface area contributed by atoms with Crippen molar-refractivity contribution >= 4 is 11.0 Å². The van der Waals surface area contributed by atoms with Gasteiger partial charge in [0.25, 0.3) is 0 Å². The van der Waals surface area contributed by atoms with Crippen molar-refractivity contribution in [1.82, 2.24) is 14.9 Å². The molecule has 1 aliphatic heterocycles. The molecule has 8 heteroatoms. The zero-order valence-corrected chi connectivity index (χ0v) is 22.2. The van der Waals surface area contributed by atoms with Crippen molar-refractivity contribution < 1.29 is 23.4 Å². The SMILES string of the molecule is CC(C)(CC(O)(Cc1cc2nc(CN3CCCC3)ccc2[nH]1)C(F)(F)F)c1cc(-c2ccccc2)ccc1O. The lowest BCUT2D eigenvalue weighted by Crippen LogP contribution is -2.50. The number of likely N-dealkylation sites (tertiary alicyclic amines) is 1. The first-order valence-electron chi connectivity index (χ1n) is 13.3. The highest BCUT2D eigenvalue weighted by Crippen LogP contribution is 2.45. The number of alkyl halides is 3. The molecule has 0 bridgehead atoms. The van der Waals surface area contributed by atoms with Crippen LogP contribution in [0.5, 0.6) is 5.75 Å². The smallest absolute Gasteiger partial charge is 0.417 e. The van der Waals surface area contributed by atoms with Crippen molar-refractivity contribution in [2.75, 3.05) is 13.1 Å². The van der Waals surface area contributed by atoms with Gasteiger partial charge in [-0.25, -0.2) is 4.98 Å². The summed E-state index contributed by atoms with van der Waals surface area (Å²) >= 11 is 0. The van der Waals surface area contributed by atoms with Gasteiger partial charge in [0, 0.05) is 24.2 Å². The van der Waals surface area contributed by atoms with Crippen LogP contribution >= 0.6 is 0 Å². The monoisotopic (exact) mass is 537 g/mol. The number of hydrogen-bond donors (Lipinski definition) is 3. The maximum Gasteiger partial charge on any atom is 0.417 e. The van der Waals surface area contributed by atoms with Gasteiger partial charge in [0.15, 0.2) is 5.60 Å². The molecule has 4 aromatic rings. The molecule has 3 N–H and O–H groups in total. The van der Waals surface area contributed by atoms with Gasteiger partial charge in [-0.15, -0.1) is 0 Å². The first-order valence-corrected chi connectivity index (χ1v) is 13.3. The molecule has 0 radical (unpaired) electrons. The second kappa shape index (κ2) is 10.3. The van der Waals surface area contributed by atoms with Crippen LogP contribution in [0, 0.1) is 0 Å². The molecule has 3 heterocycles. The summed E-state index contributed by atoms with van der Waals surface area (Å²) in [6.07, 6.45) is -3.87. The fourth-order valence-electron chi connectivity index (χ4n) is 5.75. The lowest BCUT2D eigenvalue weighted by Gasteiger charge is -2.38. The number of phenols is 1. The third-order valence-corrected chi connectivity index (χ3v) is 7.75. The zero-order chi connectivity index (χ0) is 27.8. The number of aromatic nitrogens is 2. The maximum absolute atomic E-state index is 14.5. The van der Waals surface area contributed by atoms with Crippen LogP contribution in [0.1, 0.15) is 50.1 Å². The quantitative estimate of drug-likeness (QED) is 0.233. The normalized spacial score (nSPS) is 16.6. The van der Waals surface area contributed by atoms with E-state index in [9.17, 15) is 23.4 Å². The number of halogens is 3. The van der Waals surface area contributed by atoms with Crippen LogP contribution in [0.4, 0.5) is 13.2 Å². The maximum atomic E-state index is 14.5. The van der Waals surface area contributed by atoms with Gasteiger partial charge in [0.05, 0.1) is 16.7 Å². The molecule has 2 aromatic carbocycles. The largest absolute Gasteiger partial charge is 0.508 e. The van der Waals surface area contributed by atoms with Crippen LogP contribution < -0.4 is 0 Å². The lowest BCUT2D eigenvalue weighted by molar-refractivity contribution is -0.266. The zero-order valence-electron chi connectivity index (χ0n) is 22.2. The number of rotatable bonds is 8. The third-order valence-electron chi connectivity index (χ3n) is 7.75. The fourth-order valence-corrected chi connectivity index (χ4v) is 5.75. The van der Waals surface area contributed by atoms with Gasteiger partial charge >= 0.3 is 6.18 Å². The van der Waals surface area contributed by atoms with E-state index in [1.807, 2.05) is 42.5 Å². The molecule has 0 spiro atoms. The van der Waals surface area contributed by atoms with Crippen molar-refractivity contribution in [3.05, 3.63) is 83.7 Å². The number of pyridine rings is 1. The van der Waals surface area contributed by atoms with Crippen molar-refractivity contribution in [3.63, 3.8) is 0 Å². The third kappa shape index (κ3) is 5.82. The summed E-state index contributed by atoms with van der Waals surface area (Å²) in [6.45, 7) is 5.99. The lowest BCUT2D eigenvalue weighted by atomic mass is 9.72. The minimum absolute atomic E-state index is 0.107. The van der Waals surface area contributed by atoms with Gasteiger partial charge in [-0.05, 0) is 79.2 Å². The highest BCUT2D eigenvalue weighted by atomic mass is 19.4. The standard InChI is InChI=1S/C31H34F3N3O2/c1-29(2,25-16-22(10-13-28(25)38)21-8-4-3-5-9-21)20-30(39,31(32,33)34)18-24-17-27-26(36-24)12-11-23(35-27)19-37-14-6-7-15-37/h3-5,8-13,16-17,36,38-39H,6-7,14-15,18-20H2,1-2H3. The molecule has 1 fully saturated rings. The van der Waals surface area contributed by atoms with E-state index in [-0.39, 0.29) is 11.4 Å². The summed E-state index contributed by atoms with van der Waals surface area (Å²) in [5.41, 5.74) is 0.109. The Bertz CT molecular complexity index is 1440. The molecule has 1 unspecified atom stereocenters. The van der Waals surface area contributed by atoms with Crippen molar-refractivity contribution in [1.29, 1.82) is 0 Å². The van der Waals surface area contributed by atoms with Gasteiger partial charge < -0.3 is 15.2 Å². The second-order valence-corrected chi connectivity index (χ2v) is 11.4. The predicted octanol–water partition coefficient (Wildman–Crippen LogP) is 6.74. The Morgan fingerprint density at radius 3 is 2.33 bits per heavy atom. The fraction of sp³-hybridized carbons (Fsp3) is 0.387. The van der Waals surface area contributed by atoms with Crippen LogP contribution in [0.2, 0.25) is 0 Å². The van der Waals surface area contributed by atoms with Crippen molar-refractivity contribution in [2.45, 2.75) is 63.3 Å². The number of aromatic hydroxyl groups is 1. The number of benzene rings is 2. The predicted molar refractivity (Wildman–Crippen MR) is 146 cm³/mol. The molecule has 206 valence electrons. The molecule has 0 saturated carbocycles. The second-order valence-electron chi connectivity index (χ2n) is 11.4. The van der Waals surface area contributed by atoms with Crippen LogP contribution in [-0.4, -0.2) is 49.9 Å². The first kappa shape index (κ1) is 27.2. The van der Waals surface area contributed by atoms with Gasteiger partial charge in [-0.1, -0.05) is 50.2 Å². The number of hydrogen-bond acceptors (Lipinski definition) is 4. The number of nitrogens with zero attached hydrogens (tertiary/aromatic N) is 2. The molecule has 0 amide bonds. The van der Waals surface area contributed by atoms with E-state index >= 15 is 0 Å². The van der Waals surface area contributed by atoms with E-state index in [4.69, 9.17) is 0 Å². The Balaban J connectivity index is 1.42.